The molecule has 1 fully saturated rings. The molecular weight excluding hydrogens is 264 g/mol. The van der Waals surface area contributed by atoms with Crippen LogP contribution in [0.2, 0.25) is 0 Å². The Balaban J connectivity index is 2.33. The van der Waals surface area contributed by atoms with Gasteiger partial charge in [-0.15, -0.1) is 0 Å². The standard InChI is InChI=1S/C17H34N2O2/c1-5-12-18-17(3,16(20)21-4)11-7-9-14-19-13-8-6-10-15(19)2/h15,18H,5-14H2,1-4H3. The van der Waals surface area contributed by atoms with Crippen molar-refractivity contribution in [1.82, 2.24) is 10.2 Å². The molecule has 2 unspecified atom stereocenters. The van der Waals surface area contributed by atoms with E-state index in [1.165, 1.54) is 32.9 Å². The third-order valence-corrected chi connectivity index (χ3v) is 4.71. The molecule has 1 aliphatic rings. The number of nitrogens with one attached hydrogen (secondary N) is 1. The van der Waals surface area contributed by atoms with E-state index in [0.717, 1.165) is 44.8 Å². The Morgan fingerprint density at radius 1 is 1.38 bits per heavy atom. The molecule has 0 aliphatic carbocycles. The van der Waals surface area contributed by atoms with E-state index in [9.17, 15) is 4.79 Å². The van der Waals surface area contributed by atoms with E-state index in [0.29, 0.717) is 0 Å². The number of ether oxygens (including phenoxy) is 1. The van der Waals surface area contributed by atoms with Crippen LogP contribution >= 0.6 is 0 Å². The van der Waals surface area contributed by atoms with E-state index in [1.54, 1.807) is 0 Å². The highest BCUT2D eigenvalue weighted by atomic mass is 16.5. The molecule has 0 spiro atoms. The second-order valence-corrected chi connectivity index (χ2v) is 6.59. The summed E-state index contributed by atoms with van der Waals surface area (Å²) in [6.45, 7) is 9.67. The molecule has 2 atom stereocenters. The van der Waals surface area contributed by atoms with Crippen LogP contribution in [0.4, 0.5) is 0 Å². The van der Waals surface area contributed by atoms with Crippen LogP contribution in [0.1, 0.15) is 65.7 Å². The Kier molecular flexibility index (Phi) is 8.27. The summed E-state index contributed by atoms with van der Waals surface area (Å²) in [5.41, 5.74) is -0.529. The van der Waals surface area contributed by atoms with E-state index in [1.807, 2.05) is 6.92 Å². The van der Waals surface area contributed by atoms with E-state index < -0.39 is 5.54 Å². The van der Waals surface area contributed by atoms with Crippen LogP contribution in [0.5, 0.6) is 0 Å². The quantitative estimate of drug-likeness (QED) is 0.525. The molecule has 0 bridgehead atoms. The van der Waals surface area contributed by atoms with Crippen molar-refractivity contribution in [2.45, 2.75) is 77.3 Å². The molecule has 1 rings (SSSR count). The highest BCUT2D eigenvalue weighted by molar-refractivity contribution is 5.80. The summed E-state index contributed by atoms with van der Waals surface area (Å²) in [4.78, 5) is 14.6. The maximum atomic E-state index is 12.0. The number of methoxy groups -OCH3 is 1. The average Bonchev–Trinajstić information content (AvgIpc) is 2.50. The van der Waals surface area contributed by atoms with Crippen LogP contribution in [0.25, 0.3) is 0 Å². The highest BCUT2D eigenvalue weighted by Gasteiger charge is 2.32. The second kappa shape index (κ2) is 9.42. The predicted octanol–water partition coefficient (Wildman–Crippen LogP) is 2.96. The Morgan fingerprint density at radius 3 is 2.76 bits per heavy atom. The summed E-state index contributed by atoms with van der Waals surface area (Å²) in [6.07, 6.45) is 8.13. The van der Waals surface area contributed by atoms with E-state index >= 15 is 0 Å². The van der Waals surface area contributed by atoms with Gasteiger partial charge in [0.2, 0.25) is 0 Å². The lowest BCUT2D eigenvalue weighted by atomic mass is 9.94. The predicted molar refractivity (Wildman–Crippen MR) is 87.5 cm³/mol. The van der Waals surface area contributed by atoms with Crippen molar-refractivity contribution in [1.29, 1.82) is 0 Å². The van der Waals surface area contributed by atoms with E-state index in [2.05, 4.69) is 24.1 Å². The third kappa shape index (κ3) is 5.95. The molecule has 0 aromatic rings. The zero-order valence-corrected chi connectivity index (χ0v) is 14.4. The summed E-state index contributed by atoms with van der Waals surface area (Å²) in [5.74, 6) is -0.137. The largest absolute Gasteiger partial charge is 0.468 e. The first-order chi connectivity index (χ1) is 10.0. The molecule has 1 saturated heterocycles. The first-order valence-corrected chi connectivity index (χ1v) is 8.61. The molecule has 0 saturated carbocycles. The van der Waals surface area contributed by atoms with Gasteiger partial charge in [-0.05, 0) is 72.0 Å². The summed E-state index contributed by atoms with van der Waals surface area (Å²) in [7, 11) is 1.48. The van der Waals surface area contributed by atoms with Gasteiger partial charge in [-0.25, -0.2) is 0 Å². The van der Waals surface area contributed by atoms with Gasteiger partial charge in [0.25, 0.3) is 0 Å². The van der Waals surface area contributed by atoms with Gasteiger partial charge < -0.3 is 15.0 Å². The van der Waals surface area contributed by atoms with Gasteiger partial charge in [-0.1, -0.05) is 13.3 Å². The smallest absolute Gasteiger partial charge is 0.325 e. The van der Waals surface area contributed by atoms with Crippen LogP contribution in [-0.4, -0.2) is 49.2 Å². The highest BCUT2D eigenvalue weighted by Crippen LogP contribution is 2.19. The molecule has 0 amide bonds. The summed E-state index contributed by atoms with van der Waals surface area (Å²) in [6, 6.07) is 0.726. The lowest BCUT2D eigenvalue weighted by Crippen LogP contribution is -2.50. The van der Waals surface area contributed by atoms with Gasteiger partial charge >= 0.3 is 5.97 Å². The molecule has 4 heteroatoms. The molecular formula is C17H34N2O2. The lowest BCUT2D eigenvalue weighted by Gasteiger charge is -2.34. The van der Waals surface area contributed by atoms with Gasteiger partial charge in [-0.3, -0.25) is 4.79 Å². The normalized spacial score (nSPS) is 22.8. The molecule has 21 heavy (non-hydrogen) atoms. The Labute approximate surface area is 130 Å². The van der Waals surface area contributed by atoms with Crippen molar-refractivity contribution in [3.63, 3.8) is 0 Å². The second-order valence-electron chi connectivity index (χ2n) is 6.59. The minimum atomic E-state index is -0.529. The van der Waals surface area contributed by atoms with Gasteiger partial charge in [0.15, 0.2) is 0 Å². The number of rotatable bonds is 9. The molecule has 1 heterocycles. The molecule has 0 radical (unpaired) electrons. The molecule has 0 aromatic carbocycles. The van der Waals surface area contributed by atoms with E-state index in [4.69, 9.17) is 4.74 Å². The van der Waals surface area contributed by atoms with Crippen molar-refractivity contribution in [2.24, 2.45) is 0 Å². The monoisotopic (exact) mass is 298 g/mol. The van der Waals surface area contributed by atoms with Gasteiger partial charge in [0.05, 0.1) is 7.11 Å². The van der Waals surface area contributed by atoms with Crippen molar-refractivity contribution in [3.05, 3.63) is 0 Å². The van der Waals surface area contributed by atoms with Gasteiger partial charge in [0.1, 0.15) is 5.54 Å². The number of carbonyl (C=O) groups excluding carboxylic acids is 1. The Morgan fingerprint density at radius 2 is 2.14 bits per heavy atom. The van der Waals surface area contributed by atoms with Crippen LogP contribution in [0.15, 0.2) is 0 Å². The number of piperidine rings is 1. The zero-order valence-electron chi connectivity index (χ0n) is 14.4. The number of nitrogens with zero attached hydrogens (tertiary/aromatic N) is 1. The number of esters is 1. The third-order valence-electron chi connectivity index (χ3n) is 4.71. The molecule has 0 aromatic heterocycles. The topological polar surface area (TPSA) is 41.6 Å². The summed E-state index contributed by atoms with van der Waals surface area (Å²) < 4.78 is 4.96. The zero-order chi connectivity index (χ0) is 15.7. The Hall–Kier alpha value is -0.610. The van der Waals surface area contributed by atoms with Crippen LogP contribution in [-0.2, 0) is 9.53 Å². The van der Waals surface area contributed by atoms with Gasteiger partial charge in [-0.2, -0.15) is 0 Å². The average molecular weight is 298 g/mol. The minimum absolute atomic E-state index is 0.137. The minimum Gasteiger partial charge on any atom is -0.468 e. The molecule has 124 valence electrons. The van der Waals surface area contributed by atoms with E-state index in [-0.39, 0.29) is 5.97 Å². The Bertz CT molecular complexity index is 309. The fraction of sp³-hybridized carbons (Fsp3) is 0.941. The molecule has 1 aliphatic heterocycles. The fourth-order valence-corrected chi connectivity index (χ4v) is 3.17. The van der Waals surface area contributed by atoms with Crippen molar-refractivity contribution < 1.29 is 9.53 Å². The number of unbranched alkanes of at least 4 members (excludes halogenated alkanes) is 1. The summed E-state index contributed by atoms with van der Waals surface area (Å²) in [5, 5.41) is 3.36. The van der Waals surface area contributed by atoms with Crippen molar-refractivity contribution in [2.75, 3.05) is 26.7 Å². The number of likely N-dealkylation sites (tertiary alicyclic amines) is 1. The number of carbonyl (C=O) groups is 1. The van der Waals surface area contributed by atoms with Crippen LogP contribution in [0, 0.1) is 0 Å². The number of hydrogen-bond acceptors (Lipinski definition) is 4. The van der Waals surface area contributed by atoms with Crippen LogP contribution < -0.4 is 5.32 Å². The van der Waals surface area contributed by atoms with Crippen molar-refractivity contribution >= 4 is 5.97 Å². The van der Waals surface area contributed by atoms with Crippen LogP contribution in [0.3, 0.4) is 0 Å². The van der Waals surface area contributed by atoms with Crippen molar-refractivity contribution in [3.8, 4) is 0 Å². The van der Waals surface area contributed by atoms with Gasteiger partial charge in [0, 0.05) is 6.04 Å². The molecule has 4 nitrogen and oxygen atoms in total. The summed E-state index contributed by atoms with van der Waals surface area (Å²) >= 11 is 0. The lowest BCUT2D eigenvalue weighted by molar-refractivity contribution is -0.148. The maximum absolute atomic E-state index is 12.0. The fourth-order valence-electron chi connectivity index (χ4n) is 3.17. The number of hydrogen-bond donors (Lipinski definition) is 1. The first kappa shape index (κ1) is 18.4. The first-order valence-electron chi connectivity index (χ1n) is 8.61. The SMILES string of the molecule is CCCNC(C)(CCCCN1CCCCC1C)C(=O)OC. The maximum Gasteiger partial charge on any atom is 0.325 e. The molecule has 1 N–H and O–H groups in total.